The van der Waals surface area contributed by atoms with Crippen molar-refractivity contribution in [3.8, 4) is 11.5 Å². The molecule has 0 heterocycles. The Bertz CT molecular complexity index is 666. The molecule has 0 spiro atoms. The summed E-state index contributed by atoms with van der Waals surface area (Å²) in [7, 11) is 1.44. The van der Waals surface area contributed by atoms with Crippen LogP contribution in [0.5, 0.6) is 11.5 Å². The lowest BCUT2D eigenvalue weighted by Crippen LogP contribution is -2.06. The first kappa shape index (κ1) is 15.9. The van der Waals surface area contributed by atoms with Gasteiger partial charge in [-0.15, -0.1) is 0 Å². The summed E-state index contributed by atoms with van der Waals surface area (Å²) in [5.41, 5.74) is 0.0235. The van der Waals surface area contributed by atoms with E-state index in [9.17, 15) is 18.0 Å². The summed E-state index contributed by atoms with van der Waals surface area (Å²) >= 11 is 0. The number of methoxy groups -OCH3 is 1. The molecule has 116 valence electrons. The third kappa shape index (κ3) is 3.78. The van der Waals surface area contributed by atoms with Crippen molar-refractivity contribution >= 4 is 6.29 Å². The lowest BCUT2D eigenvalue weighted by Gasteiger charge is -2.12. The van der Waals surface area contributed by atoms with Crippen LogP contribution in [0.4, 0.5) is 13.2 Å². The van der Waals surface area contributed by atoms with Gasteiger partial charge in [-0.25, -0.2) is 0 Å². The molecule has 0 aliphatic carbocycles. The molecule has 2 aromatic carbocycles. The number of rotatable bonds is 5. The highest BCUT2D eigenvalue weighted by atomic mass is 19.4. The molecular weight excluding hydrogens is 297 g/mol. The first-order chi connectivity index (χ1) is 10.4. The average Bonchev–Trinajstić information content (AvgIpc) is 2.52. The van der Waals surface area contributed by atoms with Crippen molar-refractivity contribution in [3.05, 3.63) is 59.2 Å². The highest BCUT2D eigenvalue weighted by molar-refractivity contribution is 5.76. The SMILES string of the molecule is COc1ccc(C=O)cc1OCc1cccc(C(F)(F)F)c1. The number of hydrogen-bond acceptors (Lipinski definition) is 3. The van der Waals surface area contributed by atoms with Crippen molar-refractivity contribution in [1.82, 2.24) is 0 Å². The number of carbonyl (C=O) groups is 1. The molecule has 0 saturated carbocycles. The van der Waals surface area contributed by atoms with Crippen LogP contribution in [-0.4, -0.2) is 13.4 Å². The van der Waals surface area contributed by atoms with E-state index in [1.165, 1.54) is 25.3 Å². The standard InChI is InChI=1S/C16H13F3O3/c1-21-14-6-5-11(9-20)8-15(14)22-10-12-3-2-4-13(7-12)16(17,18)19/h2-9H,10H2,1H3. The largest absolute Gasteiger partial charge is 0.493 e. The third-order valence-corrected chi connectivity index (χ3v) is 2.97. The van der Waals surface area contributed by atoms with Crippen LogP contribution in [0, 0.1) is 0 Å². The Balaban J connectivity index is 2.18. The maximum atomic E-state index is 12.6. The molecule has 0 saturated heterocycles. The van der Waals surface area contributed by atoms with Crippen LogP contribution in [0.15, 0.2) is 42.5 Å². The molecule has 3 nitrogen and oxygen atoms in total. The van der Waals surface area contributed by atoms with Gasteiger partial charge in [-0.3, -0.25) is 4.79 Å². The van der Waals surface area contributed by atoms with Crippen molar-refractivity contribution in [2.75, 3.05) is 7.11 Å². The van der Waals surface area contributed by atoms with E-state index < -0.39 is 11.7 Å². The maximum absolute atomic E-state index is 12.6. The highest BCUT2D eigenvalue weighted by Gasteiger charge is 2.30. The lowest BCUT2D eigenvalue weighted by molar-refractivity contribution is -0.137. The van der Waals surface area contributed by atoms with Crippen molar-refractivity contribution in [3.63, 3.8) is 0 Å². The van der Waals surface area contributed by atoms with Crippen LogP contribution in [0.25, 0.3) is 0 Å². The van der Waals surface area contributed by atoms with Gasteiger partial charge in [-0.05, 0) is 35.9 Å². The second kappa shape index (κ2) is 6.51. The average molecular weight is 310 g/mol. The number of carbonyl (C=O) groups excluding carboxylic acids is 1. The molecule has 0 bridgehead atoms. The maximum Gasteiger partial charge on any atom is 0.416 e. The van der Waals surface area contributed by atoms with Crippen LogP contribution in [0.2, 0.25) is 0 Å². The van der Waals surface area contributed by atoms with Gasteiger partial charge in [-0.1, -0.05) is 12.1 Å². The Morgan fingerprint density at radius 3 is 2.50 bits per heavy atom. The second-order valence-corrected chi connectivity index (χ2v) is 4.51. The van der Waals surface area contributed by atoms with Crippen LogP contribution in [0.3, 0.4) is 0 Å². The number of benzene rings is 2. The Hall–Kier alpha value is -2.50. The summed E-state index contributed by atoms with van der Waals surface area (Å²) in [5.74, 6) is 0.696. The van der Waals surface area contributed by atoms with Gasteiger partial charge in [0, 0.05) is 5.56 Å². The molecule has 0 aliphatic heterocycles. The minimum Gasteiger partial charge on any atom is -0.493 e. The molecule has 2 rings (SSSR count). The van der Waals surface area contributed by atoms with E-state index in [1.54, 1.807) is 12.1 Å². The van der Waals surface area contributed by atoms with Gasteiger partial charge in [0.25, 0.3) is 0 Å². The number of ether oxygens (including phenoxy) is 2. The predicted molar refractivity (Wildman–Crippen MR) is 74.2 cm³/mol. The zero-order chi connectivity index (χ0) is 16.2. The van der Waals surface area contributed by atoms with E-state index in [-0.39, 0.29) is 6.61 Å². The van der Waals surface area contributed by atoms with E-state index >= 15 is 0 Å². The molecule has 0 fully saturated rings. The minimum absolute atomic E-state index is 0.0669. The van der Waals surface area contributed by atoms with Crippen LogP contribution in [-0.2, 0) is 12.8 Å². The van der Waals surface area contributed by atoms with Gasteiger partial charge in [0.1, 0.15) is 12.9 Å². The number of hydrogen-bond donors (Lipinski definition) is 0. The number of alkyl halides is 3. The van der Waals surface area contributed by atoms with Gasteiger partial charge < -0.3 is 9.47 Å². The Kier molecular flexibility index (Phi) is 4.70. The summed E-state index contributed by atoms with van der Waals surface area (Å²) in [5, 5.41) is 0. The first-order valence-electron chi connectivity index (χ1n) is 6.36. The minimum atomic E-state index is -4.40. The van der Waals surface area contributed by atoms with Crippen LogP contribution >= 0.6 is 0 Å². The summed E-state index contributed by atoms with van der Waals surface area (Å²) in [6, 6.07) is 9.46. The fourth-order valence-corrected chi connectivity index (χ4v) is 1.88. The fourth-order valence-electron chi connectivity index (χ4n) is 1.88. The zero-order valence-corrected chi connectivity index (χ0v) is 11.7. The Labute approximate surface area is 125 Å². The number of aldehydes is 1. The highest BCUT2D eigenvalue weighted by Crippen LogP contribution is 2.31. The topological polar surface area (TPSA) is 35.5 Å². The van der Waals surface area contributed by atoms with Gasteiger partial charge in [-0.2, -0.15) is 13.2 Å². The van der Waals surface area contributed by atoms with E-state index in [1.807, 2.05) is 0 Å². The summed E-state index contributed by atoms with van der Waals surface area (Å²) < 4.78 is 48.5. The van der Waals surface area contributed by atoms with Crippen molar-refractivity contribution in [1.29, 1.82) is 0 Å². The quantitative estimate of drug-likeness (QED) is 0.780. The summed E-state index contributed by atoms with van der Waals surface area (Å²) in [6.45, 7) is -0.0669. The van der Waals surface area contributed by atoms with Crippen LogP contribution in [0.1, 0.15) is 21.5 Å². The number of halogens is 3. The van der Waals surface area contributed by atoms with Gasteiger partial charge >= 0.3 is 6.18 Å². The van der Waals surface area contributed by atoms with Crippen molar-refractivity contribution in [2.24, 2.45) is 0 Å². The molecule has 22 heavy (non-hydrogen) atoms. The molecule has 2 aromatic rings. The second-order valence-electron chi connectivity index (χ2n) is 4.51. The molecule has 0 unspecified atom stereocenters. The first-order valence-corrected chi connectivity index (χ1v) is 6.36. The fraction of sp³-hybridized carbons (Fsp3) is 0.188. The molecule has 6 heteroatoms. The van der Waals surface area contributed by atoms with Crippen LogP contribution < -0.4 is 9.47 Å². The normalized spacial score (nSPS) is 11.1. The molecule has 0 aromatic heterocycles. The molecular formula is C16H13F3O3. The van der Waals surface area contributed by atoms with Gasteiger partial charge in [0.2, 0.25) is 0 Å². The molecule has 0 aliphatic rings. The predicted octanol–water partition coefficient (Wildman–Crippen LogP) is 4.11. The smallest absolute Gasteiger partial charge is 0.416 e. The van der Waals surface area contributed by atoms with Gasteiger partial charge in [0.05, 0.1) is 12.7 Å². The third-order valence-electron chi connectivity index (χ3n) is 2.97. The van der Waals surface area contributed by atoms with Gasteiger partial charge in [0.15, 0.2) is 11.5 Å². The lowest BCUT2D eigenvalue weighted by atomic mass is 10.1. The van der Waals surface area contributed by atoms with Crippen molar-refractivity contribution in [2.45, 2.75) is 12.8 Å². The van der Waals surface area contributed by atoms with E-state index in [0.717, 1.165) is 12.1 Å². The molecule has 0 N–H and O–H groups in total. The Morgan fingerprint density at radius 1 is 1.09 bits per heavy atom. The van der Waals surface area contributed by atoms with Crippen molar-refractivity contribution < 1.29 is 27.4 Å². The van der Waals surface area contributed by atoms with E-state index in [0.29, 0.717) is 28.9 Å². The molecule has 0 atom stereocenters. The zero-order valence-electron chi connectivity index (χ0n) is 11.7. The summed E-state index contributed by atoms with van der Waals surface area (Å²) in [6.07, 6.45) is -3.75. The Morgan fingerprint density at radius 2 is 1.86 bits per heavy atom. The molecule has 0 amide bonds. The summed E-state index contributed by atoms with van der Waals surface area (Å²) in [4.78, 5) is 10.8. The van der Waals surface area contributed by atoms with E-state index in [4.69, 9.17) is 9.47 Å². The monoisotopic (exact) mass is 310 g/mol. The van der Waals surface area contributed by atoms with E-state index in [2.05, 4.69) is 0 Å². The molecule has 0 radical (unpaired) electrons.